The van der Waals surface area contributed by atoms with Crippen LogP contribution < -0.4 is 4.31 Å². The highest BCUT2D eigenvalue weighted by molar-refractivity contribution is 7.98. The molecule has 0 radical (unpaired) electrons. The molecule has 2 aromatic rings. The van der Waals surface area contributed by atoms with Gasteiger partial charge in [0, 0.05) is 4.90 Å². The summed E-state index contributed by atoms with van der Waals surface area (Å²) < 4.78 is 69.4. The van der Waals surface area contributed by atoms with Crippen LogP contribution in [0.15, 0.2) is 58.3 Å². The van der Waals surface area contributed by atoms with Crippen molar-refractivity contribution >= 4 is 33.4 Å². The summed E-state index contributed by atoms with van der Waals surface area (Å²) in [4.78, 5) is 12.4. The number of ether oxygens (including phenoxy) is 1. The number of benzene rings is 2. The van der Waals surface area contributed by atoms with Crippen LogP contribution in [0.4, 0.5) is 18.9 Å². The average molecular weight is 419 g/mol. The van der Waals surface area contributed by atoms with Crippen molar-refractivity contribution in [2.24, 2.45) is 0 Å². The van der Waals surface area contributed by atoms with Crippen molar-refractivity contribution in [3.05, 3.63) is 54.1 Å². The monoisotopic (exact) mass is 419 g/mol. The third kappa shape index (κ3) is 4.95. The minimum atomic E-state index is -4.56. The summed E-state index contributed by atoms with van der Waals surface area (Å²) in [5.74, 6) is -0.848. The first-order valence-corrected chi connectivity index (χ1v) is 10.2. The van der Waals surface area contributed by atoms with E-state index in [0.717, 1.165) is 36.3 Å². The number of halogens is 3. The molecule has 0 saturated heterocycles. The van der Waals surface area contributed by atoms with Crippen molar-refractivity contribution in [1.29, 1.82) is 0 Å². The van der Waals surface area contributed by atoms with E-state index < -0.39 is 34.3 Å². The Hall–Kier alpha value is -2.20. The van der Waals surface area contributed by atoms with Crippen molar-refractivity contribution in [1.82, 2.24) is 0 Å². The second-order valence-corrected chi connectivity index (χ2v) is 8.05. The molecule has 146 valence electrons. The largest absolute Gasteiger partial charge is 0.468 e. The van der Waals surface area contributed by atoms with Crippen LogP contribution in [0.2, 0.25) is 0 Å². The number of sulfonamides is 1. The zero-order valence-electron chi connectivity index (χ0n) is 14.4. The van der Waals surface area contributed by atoms with Crippen molar-refractivity contribution in [2.75, 3.05) is 24.2 Å². The number of nitrogens with zero attached hydrogens (tertiary/aromatic N) is 1. The fourth-order valence-corrected chi connectivity index (χ4v) is 4.01. The van der Waals surface area contributed by atoms with E-state index in [-0.39, 0.29) is 10.6 Å². The molecule has 0 saturated carbocycles. The molecule has 10 heteroatoms. The van der Waals surface area contributed by atoms with Gasteiger partial charge in [-0.3, -0.25) is 9.10 Å². The van der Waals surface area contributed by atoms with Gasteiger partial charge in [-0.05, 0) is 54.8 Å². The first kappa shape index (κ1) is 21.1. The molecule has 0 spiro atoms. The molecule has 0 aromatic heterocycles. The second kappa shape index (κ2) is 8.22. The van der Waals surface area contributed by atoms with Gasteiger partial charge < -0.3 is 4.74 Å². The summed E-state index contributed by atoms with van der Waals surface area (Å²) in [6.07, 6.45) is -2.73. The van der Waals surface area contributed by atoms with Crippen LogP contribution in [0.25, 0.3) is 0 Å². The number of hydrogen-bond acceptors (Lipinski definition) is 5. The molecule has 0 atom stereocenters. The molecule has 0 aliphatic heterocycles. The lowest BCUT2D eigenvalue weighted by molar-refractivity contribution is -0.139. The first-order valence-electron chi connectivity index (χ1n) is 7.50. The predicted octanol–water partition coefficient (Wildman–Crippen LogP) is 3.80. The number of methoxy groups -OCH3 is 1. The fraction of sp³-hybridized carbons (Fsp3) is 0.235. The van der Waals surface area contributed by atoms with E-state index in [1.165, 1.54) is 23.9 Å². The molecule has 2 rings (SSSR count). The van der Waals surface area contributed by atoms with Crippen LogP contribution in [0, 0.1) is 0 Å². The number of esters is 1. The predicted molar refractivity (Wildman–Crippen MR) is 96.2 cm³/mol. The van der Waals surface area contributed by atoms with Gasteiger partial charge in [0.15, 0.2) is 0 Å². The highest BCUT2D eigenvalue weighted by atomic mass is 32.2. The minimum Gasteiger partial charge on any atom is -0.468 e. The number of hydrogen-bond donors (Lipinski definition) is 0. The Morgan fingerprint density at radius 3 is 2.07 bits per heavy atom. The number of carbonyl (C=O) groups is 1. The highest BCUT2D eigenvalue weighted by Crippen LogP contribution is 2.32. The Balaban J connectivity index is 2.48. The quantitative estimate of drug-likeness (QED) is 0.527. The number of alkyl halides is 3. The maximum Gasteiger partial charge on any atom is 0.416 e. The Morgan fingerprint density at radius 1 is 1.07 bits per heavy atom. The zero-order valence-corrected chi connectivity index (χ0v) is 16.0. The zero-order chi connectivity index (χ0) is 20.2. The molecule has 0 bridgehead atoms. The summed E-state index contributed by atoms with van der Waals surface area (Å²) in [6, 6.07) is 9.45. The van der Waals surface area contributed by atoms with Gasteiger partial charge in [-0.1, -0.05) is 0 Å². The Morgan fingerprint density at radius 2 is 1.63 bits per heavy atom. The van der Waals surface area contributed by atoms with E-state index in [2.05, 4.69) is 4.74 Å². The summed E-state index contributed by atoms with van der Waals surface area (Å²) in [5.41, 5.74) is -1.01. The van der Waals surface area contributed by atoms with Gasteiger partial charge >= 0.3 is 12.1 Å². The molecular weight excluding hydrogens is 403 g/mol. The normalized spacial score (nSPS) is 11.9. The van der Waals surface area contributed by atoms with Crippen molar-refractivity contribution in [2.45, 2.75) is 16.0 Å². The molecule has 0 aliphatic rings. The summed E-state index contributed by atoms with van der Waals surface area (Å²) in [7, 11) is -3.10. The van der Waals surface area contributed by atoms with Crippen LogP contribution in [0.3, 0.4) is 0 Å². The Kier molecular flexibility index (Phi) is 6.42. The van der Waals surface area contributed by atoms with Crippen LogP contribution in [-0.4, -0.2) is 34.3 Å². The van der Waals surface area contributed by atoms with Crippen molar-refractivity contribution in [3.8, 4) is 0 Å². The average Bonchev–Trinajstić information content (AvgIpc) is 2.65. The molecule has 0 unspecified atom stereocenters. The molecule has 0 fully saturated rings. The van der Waals surface area contributed by atoms with E-state index in [4.69, 9.17) is 0 Å². The molecule has 0 heterocycles. The molecule has 0 aliphatic carbocycles. The summed E-state index contributed by atoms with van der Waals surface area (Å²) in [6.45, 7) is -0.672. The van der Waals surface area contributed by atoms with E-state index in [1.54, 1.807) is 12.1 Å². The van der Waals surface area contributed by atoms with Crippen molar-refractivity contribution < 1.29 is 31.1 Å². The van der Waals surface area contributed by atoms with Gasteiger partial charge in [0.1, 0.15) is 6.54 Å². The van der Waals surface area contributed by atoms with Gasteiger partial charge in [0.2, 0.25) is 0 Å². The lowest BCUT2D eigenvalue weighted by atomic mass is 10.2. The third-order valence-corrected chi connectivity index (χ3v) is 6.16. The Labute approximate surface area is 159 Å². The smallest absolute Gasteiger partial charge is 0.416 e. The number of anilines is 1. The van der Waals surface area contributed by atoms with E-state index >= 15 is 0 Å². The maximum atomic E-state index is 13.0. The lowest BCUT2D eigenvalue weighted by Crippen LogP contribution is -2.36. The van der Waals surface area contributed by atoms with Gasteiger partial charge in [0.25, 0.3) is 10.0 Å². The van der Waals surface area contributed by atoms with Gasteiger partial charge in [-0.15, -0.1) is 11.8 Å². The van der Waals surface area contributed by atoms with Gasteiger partial charge in [-0.2, -0.15) is 13.2 Å². The van der Waals surface area contributed by atoms with Crippen LogP contribution in [0.1, 0.15) is 5.56 Å². The molecule has 0 N–H and O–H groups in total. The minimum absolute atomic E-state index is 0.0812. The lowest BCUT2D eigenvalue weighted by Gasteiger charge is -2.24. The standard InChI is InChI=1S/C17H16F3NO4S2/c1-25-16(22)11-21(13-5-3-12(4-6-13)17(18,19)20)27(23,24)15-9-7-14(26-2)8-10-15/h3-10H,11H2,1-2H3. The molecule has 0 amide bonds. The third-order valence-electron chi connectivity index (χ3n) is 3.63. The van der Waals surface area contributed by atoms with Gasteiger partial charge in [0.05, 0.1) is 23.3 Å². The summed E-state index contributed by atoms with van der Waals surface area (Å²) in [5, 5.41) is 0. The number of thioether (sulfide) groups is 1. The highest BCUT2D eigenvalue weighted by Gasteiger charge is 2.32. The molecule has 5 nitrogen and oxygen atoms in total. The maximum absolute atomic E-state index is 13.0. The topological polar surface area (TPSA) is 63.7 Å². The van der Waals surface area contributed by atoms with Crippen molar-refractivity contribution in [3.63, 3.8) is 0 Å². The molecular formula is C17H16F3NO4S2. The van der Waals surface area contributed by atoms with Crippen LogP contribution in [-0.2, 0) is 25.7 Å². The number of rotatable bonds is 6. The second-order valence-electron chi connectivity index (χ2n) is 5.31. The van der Waals surface area contributed by atoms with Gasteiger partial charge in [-0.25, -0.2) is 8.42 Å². The molecule has 27 heavy (non-hydrogen) atoms. The SMILES string of the molecule is COC(=O)CN(c1ccc(C(F)(F)F)cc1)S(=O)(=O)c1ccc(SC)cc1. The summed E-state index contributed by atoms with van der Waals surface area (Å²) >= 11 is 1.42. The Bertz CT molecular complexity index is 895. The van der Waals surface area contributed by atoms with Crippen LogP contribution in [0.5, 0.6) is 0 Å². The number of carbonyl (C=O) groups excluding carboxylic acids is 1. The van der Waals surface area contributed by atoms with E-state index in [1.807, 2.05) is 6.26 Å². The fourth-order valence-electron chi connectivity index (χ4n) is 2.19. The van der Waals surface area contributed by atoms with Crippen LogP contribution >= 0.6 is 11.8 Å². The molecule has 2 aromatic carbocycles. The van der Waals surface area contributed by atoms with E-state index in [9.17, 15) is 26.4 Å². The first-order chi connectivity index (χ1) is 12.6. The van der Waals surface area contributed by atoms with E-state index in [0.29, 0.717) is 4.31 Å².